The molecule has 0 atom stereocenters. The van der Waals surface area contributed by atoms with Crippen molar-refractivity contribution in [2.24, 2.45) is 5.92 Å². The minimum absolute atomic E-state index is 0.118. The number of nitrogens with one attached hydrogen (secondary N) is 1. The lowest BCUT2D eigenvalue weighted by molar-refractivity contribution is -0.136. The van der Waals surface area contributed by atoms with E-state index < -0.39 is 11.7 Å². The Morgan fingerprint density at radius 2 is 1.78 bits per heavy atom. The maximum atomic E-state index is 12.8. The molecular formula is C18H26N2O3. The summed E-state index contributed by atoms with van der Waals surface area (Å²) < 4.78 is 5.43. The van der Waals surface area contributed by atoms with E-state index in [0.29, 0.717) is 0 Å². The van der Waals surface area contributed by atoms with Gasteiger partial charge in [-0.05, 0) is 52.3 Å². The minimum Gasteiger partial charge on any atom is -0.443 e. The molecule has 2 amide bonds. The molecule has 0 radical (unpaired) electrons. The molecule has 0 bridgehead atoms. The van der Waals surface area contributed by atoms with Crippen molar-refractivity contribution in [2.75, 3.05) is 13.1 Å². The van der Waals surface area contributed by atoms with Gasteiger partial charge in [-0.2, -0.15) is 0 Å². The summed E-state index contributed by atoms with van der Waals surface area (Å²) in [5.74, 6) is -0.253. The molecule has 5 heteroatoms. The Bertz CT molecular complexity index is 531. The summed E-state index contributed by atoms with van der Waals surface area (Å²) >= 11 is 0. The molecule has 1 N–H and O–H groups in total. The number of hydrogen-bond donors (Lipinski definition) is 1. The summed E-state index contributed by atoms with van der Waals surface area (Å²) in [6, 6.07) is 9.53. The number of rotatable bonds is 3. The van der Waals surface area contributed by atoms with Gasteiger partial charge in [0, 0.05) is 5.92 Å². The molecule has 1 aromatic rings. The zero-order valence-corrected chi connectivity index (χ0v) is 14.2. The van der Waals surface area contributed by atoms with Crippen LogP contribution in [-0.2, 0) is 16.1 Å². The number of carbonyl (C=O) groups is 2. The third kappa shape index (κ3) is 5.36. The first-order chi connectivity index (χ1) is 10.9. The zero-order chi connectivity index (χ0) is 16.9. The van der Waals surface area contributed by atoms with E-state index >= 15 is 0 Å². The van der Waals surface area contributed by atoms with Gasteiger partial charge in [0.25, 0.3) is 0 Å². The van der Waals surface area contributed by atoms with Crippen molar-refractivity contribution in [2.45, 2.75) is 45.8 Å². The first-order valence-corrected chi connectivity index (χ1v) is 8.16. The van der Waals surface area contributed by atoms with Crippen LogP contribution >= 0.6 is 0 Å². The van der Waals surface area contributed by atoms with Gasteiger partial charge < -0.3 is 10.1 Å². The average molecular weight is 318 g/mol. The lowest BCUT2D eigenvalue weighted by Crippen LogP contribution is -2.45. The van der Waals surface area contributed by atoms with Crippen LogP contribution in [0.25, 0.3) is 0 Å². The summed E-state index contributed by atoms with van der Waals surface area (Å²) in [7, 11) is 0. The van der Waals surface area contributed by atoms with Gasteiger partial charge in [0.05, 0.1) is 6.54 Å². The van der Waals surface area contributed by atoms with Gasteiger partial charge in [-0.25, -0.2) is 9.69 Å². The van der Waals surface area contributed by atoms with Crippen LogP contribution in [0.2, 0.25) is 0 Å². The highest BCUT2D eigenvalue weighted by molar-refractivity contribution is 5.93. The maximum absolute atomic E-state index is 12.8. The van der Waals surface area contributed by atoms with Crippen molar-refractivity contribution < 1.29 is 14.3 Å². The average Bonchev–Trinajstić information content (AvgIpc) is 2.52. The molecule has 1 aliphatic heterocycles. The summed E-state index contributed by atoms with van der Waals surface area (Å²) in [4.78, 5) is 26.6. The van der Waals surface area contributed by atoms with Crippen LogP contribution in [-0.4, -0.2) is 35.6 Å². The van der Waals surface area contributed by atoms with Gasteiger partial charge >= 0.3 is 6.09 Å². The van der Waals surface area contributed by atoms with E-state index in [-0.39, 0.29) is 18.4 Å². The highest BCUT2D eigenvalue weighted by Gasteiger charge is 2.32. The normalized spacial score (nSPS) is 16.0. The highest BCUT2D eigenvalue weighted by Crippen LogP contribution is 2.20. The maximum Gasteiger partial charge on any atom is 0.417 e. The molecule has 1 saturated heterocycles. The molecule has 0 unspecified atom stereocenters. The number of hydrogen-bond acceptors (Lipinski definition) is 4. The molecule has 2 rings (SSSR count). The molecule has 1 fully saturated rings. The van der Waals surface area contributed by atoms with E-state index in [1.165, 1.54) is 4.90 Å². The van der Waals surface area contributed by atoms with Gasteiger partial charge in [-0.1, -0.05) is 30.3 Å². The number of carbonyl (C=O) groups excluding carboxylic acids is 2. The molecule has 1 heterocycles. The summed E-state index contributed by atoms with van der Waals surface area (Å²) in [5, 5.41) is 3.24. The van der Waals surface area contributed by atoms with Gasteiger partial charge in [-0.3, -0.25) is 4.79 Å². The smallest absolute Gasteiger partial charge is 0.417 e. The van der Waals surface area contributed by atoms with Crippen LogP contribution in [0.1, 0.15) is 39.2 Å². The molecule has 0 saturated carbocycles. The minimum atomic E-state index is -0.625. The number of benzene rings is 1. The van der Waals surface area contributed by atoms with Crippen LogP contribution in [0.3, 0.4) is 0 Å². The van der Waals surface area contributed by atoms with Gasteiger partial charge in [0.1, 0.15) is 5.60 Å². The van der Waals surface area contributed by atoms with E-state index in [1.54, 1.807) is 20.8 Å². The predicted molar refractivity (Wildman–Crippen MR) is 88.8 cm³/mol. The van der Waals surface area contributed by atoms with Crippen molar-refractivity contribution in [1.82, 2.24) is 10.2 Å². The van der Waals surface area contributed by atoms with Crippen LogP contribution in [0.15, 0.2) is 30.3 Å². The zero-order valence-electron chi connectivity index (χ0n) is 14.2. The lowest BCUT2D eigenvalue weighted by Gasteiger charge is -2.30. The van der Waals surface area contributed by atoms with Crippen LogP contribution in [0, 0.1) is 5.92 Å². The lowest BCUT2D eigenvalue weighted by atomic mass is 9.96. The van der Waals surface area contributed by atoms with E-state index in [2.05, 4.69) is 5.32 Å². The third-order valence-electron chi connectivity index (χ3n) is 3.75. The van der Waals surface area contributed by atoms with E-state index in [1.807, 2.05) is 30.3 Å². The second-order valence-electron chi connectivity index (χ2n) is 6.91. The number of amides is 2. The second kappa shape index (κ2) is 7.59. The Kier molecular flexibility index (Phi) is 5.77. The van der Waals surface area contributed by atoms with Gasteiger partial charge in [0.2, 0.25) is 5.91 Å². The Hall–Kier alpha value is -1.88. The first-order valence-electron chi connectivity index (χ1n) is 8.16. The third-order valence-corrected chi connectivity index (χ3v) is 3.75. The standard InChI is InChI=1S/C18H26N2O3/c1-18(2,3)23-17(22)20(13-14-7-5-4-6-8-14)16(21)15-9-11-19-12-10-15/h4-8,15,19H,9-13H2,1-3H3. The largest absolute Gasteiger partial charge is 0.443 e. The Labute approximate surface area is 138 Å². The molecule has 0 aromatic heterocycles. The predicted octanol–water partition coefficient (Wildman–Crippen LogP) is 2.95. The summed E-state index contributed by atoms with van der Waals surface area (Å²) in [5.41, 5.74) is 0.293. The fraction of sp³-hybridized carbons (Fsp3) is 0.556. The second-order valence-corrected chi connectivity index (χ2v) is 6.91. The quantitative estimate of drug-likeness (QED) is 0.931. The van der Waals surface area contributed by atoms with Crippen molar-refractivity contribution in [1.29, 1.82) is 0 Å². The fourth-order valence-corrected chi connectivity index (χ4v) is 2.60. The van der Waals surface area contributed by atoms with E-state index in [9.17, 15) is 9.59 Å². The van der Waals surface area contributed by atoms with Crippen molar-refractivity contribution in [3.63, 3.8) is 0 Å². The van der Waals surface area contributed by atoms with Gasteiger partial charge in [0.15, 0.2) is 0 Å². The first kappa shape index (κ1) is 17.5. The molecule has 1 aromatic carbocycles. The number of imide groups is 1. The van der Waals surface area contributed by atoms with E-state index in [4.69, 9.17) is 4.74 Å². The molecular weight excluding hydrogens is 292 g/mol. The van der Waals surface area contributed by atoms with Crippen LogP contribution in [0.5, 0.6) is 0 Å². The Morgan fingerprint density at radius 1 is 1.17 bits per heavy atom. The molecule has 0 aliphatic carbocycles. The Balaban J connectivity index is 2.16. The van der Waals surface area contributed by atoms with Crippen molar-refractivity contribution in [3.8, 4) is 0 Å². The topological polar surface area (TPSA) is 58.6 Å². The van der Waals surface area contributed by atoms with E-state index in [0.717, 1.165) is 31.5 Å². The summed E-state index contributed by atoms with van der Waals surface area (Å²) in [6.45, 7) is 7.29. The molecule has 5 nitrogen and oxygen atoms in total. The monoisotopic (exact) mass is 318 g/mol. The summed E-state index contributed by atoms with van der Waals surface area (Å²) in [6.07, 6.45) is 0.949. The number of piperidine rings is 1. The van der Waals surface area contributed by atoms with Crippen LogP contribution < -0.4 is 5.32 Å². The van der Waals surface area contributed by atoms with Crippen LogP contribution in [0.4, 0.5) is 4.79 Å². The Morgan fingerprint density at radius 3 is 2.35 bits per heavy atom. The molecule has 23 heavy (non-hydrogen) atoms. The van der Waals surface area contributed by atoms with Gasteiger partial charge in [-0.15, -0.1) is 0 Å². The van der Waals surface area contributed by atoms with Crippen molar-refractivity contribution >= 4 is 12.0 Å². The molecule has 1 aliphatic rings. The number of nitrogens with zero attached hydrogens (tertiary/aromatic N) is 1. The van der Waals surface area contributed by atoms with Crippen molar-refractivity contribution in [3.05, 3.63) is 35.9 Å². The molecule has 126 valence electrons. The number of ether oxygens (including phenoxy) is 1. The SMILES string of the molecule is CC(C)(C)OC(=O)N(Cc1ccccc1)C(=O)C1CCNCC1. The fourth-order valence-electron chi connectivity index (χ4n) is 2.60. The molecule has 0 spiro atoms. The highest BCUT2D eigenvalue weighted by atomic mass is 16.6.